The van der Waals surface area contributed by atoms with Gasteiger partial charge in [-0.25, -0.2) is 4.98 Å². The molecule has 2 heterocycles. The molecule has 4 heteroatoms. The second-order valence-electron chi connectivity index (χ2n) is 2.85. The predicted molar refractivity (Wildman–Crippen MR) is 72.6 cm³/mol. The molecule has 0 atom stereocenters. The van der Waals surface area contributed by atoms with Crippen LogP contribution in [-0.4, -0.2) is 31.3 Å². The third-order valence-corrected chi connectivity index (χ3v) is 2.86. The SMILES string of the molecule is CC.CC.Cc1cnc(N2CCOCC2)s1. The lowest BCUT2D eigenvalue weighted by atomic mass is 10.5. The monoisotopic (exact) mass is 244 g/mol. The standard InChI is InChI=1S/C8H12N2OS.2C2H6/c1-7-6-9-8(12-7)10-2-4-11-5-3-10;2*1-2/h6H,2-5H2,1H3;2*1-2H3. The quantitative estimate of drug-likeness (QED) is 0.757. The number of morpholine rings is 1. The number of aryl methyl sites for hydroxylation is 1. The highest BCUT2D eigenvalue weighted by molar-refractivity contribution is 7.15. The lowest BCUT2D eigenvalue weighted by molar-refractivity contribution is 0.122. The normalized spacial score (nSPS) is 14.4. The molecule has 94 valence electrons. The Hall–Kier alpha value is -0.610. The van der Waals surface area contributed by atoms with E-state index in [9.17, 15) is 0 Å². The second kappa shape index (κ2) is 9.60. The van der Waals surface area contributed by atoms with E-state index in [0.29, 0.717) is 0 Å². The first-order valence-corrected chi connectivity index (χ1v) is 6.93. The van der Waals surface area contributed by atoms with Gasteiger partial charge in [0.2, 0.25) is 0 Å². The molecule has 1 aromatic rings. The van der Waals surface area contributed by atoms with E-state index in [1.807, 2.05) is 33.9 Å². The number of aromatic nitrogens is 1. The van der Waals surface area contributed by atoms with Gasteiger partial charge < -0.3 is 9.64 Å². The molecule has 0 spiro atoms. The van der Waals surface area contributed by atoms with Crippen molar-refractivity contribution in [3.63, 3.8) is 0 Å². The van der Waals surface area contributed by atoms with Gasteiger partial charge in [0, 0.05) is 24.2 Å². The van der Waals surface area contributed by atoms with Crippen LogP contribution < -0.4 is 4.90 Å². The van der Waals surface area contributed by atoms with Gasteiger partial charge in [-0.05, 0) is 6.92 Å². The minimum Gasteiger partial charge on any atom is -0.378 e. The van der Waals surface area contributed by atoms with Crippen LogP contribution >= 0.6 is 11.3 Å². The Kier molecular flexibility index (Phi) is 9.24. The molecule has 0 bridgehead atoms. The first-order valence-electron chi connectivity index (χ1n) is 6.11. The molecule has 1 saturated heterocycles. The molecule has 0 saturated carbocycles. The molecule has 0 unspecified atom stereocenters. The third kappa shape index (κ3) is 4.94. The predicted octanol–water partition coefficient (Wildman–Crippen LogP) is 3.34. The van der Waals surface area contributed by atoms with Crippen LogP contribution in [0.3, 0.4) is 0 Å². The lowest BCUT2D eigenvalue weighted by Crippen LogP contribution is -2.36. The number of ether oxygens (including phenoxy) is 1. The number of rotatable bonds is 1. The van der Waals surface area contributed by atoms with Crippen molar-refractivity contribution < 1.29 is 4.74 Å². The molecule has 0 radical (unpaired) electrons. The van der Waals surface area contributed by atoms with E-state index >= 15 is 0 Å². The zero-order valence-corrected chi connectivity index (χ0v) is 11.9. The van der Waals surface area contributed by atoms with Crippen LogP contribution in [0.1, 0.15) is 32.6 Å². The van der Waals surface area contributed by atoms with Crippen LogP contribution in [0.4, 0.5) is 5.13 Å². The van der Waals surface area contributed by atoms with Crippen molar-refractivity contribution in [2.75, 3.05) is 31.2 Å². The first-order chi connectivity index (χ1) is 7.86. The molecule has 16 heavy (non-hydrogen) atoms. The Bertz CT molecular complexity index is 257. The van der Waals surface area contributed by atoms with Crippen molar-refractivity contribution in [3.05, 3.63) is 11.1 Å². The van der Waals surface area contributed by atoms with Gasteiger partial charge in [0.05, 0.1) is 13.2 Å². The number of hydrogen-bond donors (Lipinski definition) is 0. The summed E-state index contributed by atoms with van der Waals surface area (Å²) in [6.45, 7) is 13.7. The molecule has 3 nitrogen and oxygen atoms in total. The zero-order chi connectivity index (χ0) is 12.4. The van der Waals surface area contributed by atoms with Crippen LogP contribution in [-0.2, 0) is 4.74 Å². The molecular weight excluding hydrogens is 220 g/mol. The maximum Gasteiger partial charge on any atom is 0.185 e. The van der Waals surface area contributed by atoms with E-state index in [1.165, 1.54) is 4.88 Å². The van der Waals surface area contributed by atoms with E-state index in [-0.39, 0.29) is 0 Å². The lowest BCUT2D eigenvalue weighted by Gasteiger charge is -2.25. The van der Waals surface area contributed by atoms with Gasteiger partial charge in [0.1, 0.15) is 0 Å². The summed E-state index contributed by atoms with van der Waals surface area (Å²) >= 11 is 1.75. The number of nitrogens with zero attached hydrogens (tertiary/aromatic N) is 2. The first kappa shape index (κ1) is 15.4. The van der Waals surface area contributed by atoms with Crippen LogP contribution in [0.25, 0.3) is 0 Å². The van der Waals surface area contributed by atoms with E-state index in [0.717, 1.165) is 31.4 Å². The molecule has 1 aliphatic rings. The van der Waals surface area contributed by atoms with Crippen molar-refractivity contribution in [2.45, 2.75) is 34.6 Å². The molecule has 1 fully saturated rings. The highest BCUT2D eigenvalue weighted by atomic mass is 32.1. The van der Waals surface area contributed by atoms with Crippen molar-refractivity contribution in [2.24, 2.45) is 0 Å². The molecule has 1 aliphatic heterocycles. The molecule has 2 rings (SSSR count). The minimum absolute atomic E-state index is 0.832. The summed E-state index contributed by atoms with van der Waals surface area (Å²) in [5, 5.41) is 1.14. The minimum atomic E-state index is 0.832. The van der Waals surface area contributed by atoms with Gasteiger partial charge in [0.15, 0.2) is 5.13 Å². The van der Waals surface area contributed by atoms with E-state index in [1.54, 1.807) is 11.3 Å². The highest BCUT2D eigenvalue weighted by Gasteiger charge is 2.13. The Morgan fingerprint density at radius 3 is 2.19 bits per heavy atom. The van der Waals surface area contributed by atoms with Gasteiger partial charge in [-0.3, -0.25) is 0 Å². The Morgan fingerprint density at radius 1 is 1.19 bits per heavy atom. The summed E-state index contributed by atoms with van der Waals surface area (Å²) in [6.07, 6.45) is 1.93. The Morgan fingerprint density at radius 2 is 1.75 bits per heavy atom. The number of anilines is 1. The molecular formula is C12H24N2OS. The zero-order valence-electron chi connectivity index (χ0n) is 11.1. The van der Waals surface area contributed by atoms with Crippen LogP contribution in [0.15, 0.2) is 6.20 Å². The topological polar surface area (TPSA) is 25.4 Å². The number of thiazole rings is 1. The summed E-state index contributed by atoms with van der Waals surface area (Å²) in [5.74, 6) is 0. The van der Waals surface area contributed by atoms with E-state index in [4.69, 9.17) is 4.74 Å². The number of hydrogen-bond acceptors (Lipinski definition) is 4. The highest BCUT2D eigenvalue weighted by Crippen LogP contribution is 2.21. The van der Waals surface area contributed by atoms with Gasteiger partial charge in [-0.15, -0.1) is 11.3 Å². The van der Waals surface area contributed by atoms with Gasteiger partial charge in [0.25, 0.3) is 0 Å². The average Bonchev–Trinajstić information content (AvgIpc) is 2.82. The average molecular weight is 244 g/mol. The molecule has 0 N–H and O–H groups in total. The fourth-order valence-electron chi connectivity index (χ4n) is 1.24. The maximum absolute atomic E-state index is 5.26. The fourth-order valence-corrected chi connectivity index (χ4v) is 2.05. The van der Waals surface area contributed by atoms with Crippen LogP contribution in [0.2, 0.25) is 0 Å². The summed E-state index contributed by atoms with van der Waals surface area (Å²) in [6, 6.07) is 0. The summed E-state index contributed by atoms with van der Waals surface area (Å²) in [7, 11) is 0. The smallest absolute Gasteiger partial charge is 0.185 e. The second-order valence-corrected chi connectivity index (χ2v) is 4.07. The molecule has 1 aromatic heterocycles. The summed E-state index contributed by atoms with van der Waals surface area (Å²) in [5.41, 5.74) is 0. The fraction of sp³-hybridized carbons (Fsp3) is 0.750. The van der Waals surface area contributed by atoms with Crippen molar-refractivity contribution in [1.29, 1.82) is 0 Å². The van der Waals surface area contributed by atoms with Crippen LogP contribution in [0, 0.1) is 6.92 Å². The van der Waals surface area contributed by atoms with Crippen molar-refractivity contribution >= 4 is 16.5 Å². The molecule has 0 aromatic carbocycles. The Labute approximate surface area is 103 Å². The largest absolute Gasteiger partial charge is 0.378 e. The van der Waals surface area contributed by atoms with E-state index < -0.39 is 0 Å². The third-order valence-electron chi connectivity index (χ3n) is 1.89. The van der Waals surface area contributed by atoms with Gasteiger partial charge >= 0.3 is 0 Å². The molecule has 0 amide bonds. The van der Waals surface area contributed by atoms with Gasteiger partial charge in [-0.2, -0.15) is 0 Å². The van der Waals surface area contributed by atoms with Crippen molar-refractivity contribution in [3.8, 4) is 0 Å². The maximum atomic E-state index is 5.26. The molecule has 0 aliphatic carbocycles. The van der Waals surface area contributed by atoms with Gasteiger partial charge in [-0.1, -0.05) is 27.7 Å². The van der Waals surface area contributed by atoms with Crippen LogP contribution in [0.5, 0.6) is 0 Å². The van der Waals surface area contributed by atoms with Crippen molar-refractivity contribution in [1.82, 2.24) is 4.98 Å². The van der Waals surface area contributed by atoms with E-state index in [2.05, 4.69) is 16.8 Å². The Balaban J connectivity index is 0.000000509. The summed E-state index contributed by atoms with van der Waals surface area (Å²) in [4.78, 5) is 7.88. The summed E-state index contributed by atoms with van der Waals surface area (Å²) < 4.78 is 5.26.